The number of hydrogen-bond donors (Lipinski definition) is 0. The summed E-state index contributed by atoms with van der Waals surface area (Å²) in [5.41, 5.74) is 20.9. The Morgan fingerprint density at radius 2 is 1.41 bits per heavy atom. The van der Waals surface area contributed by atoms with Crippen molar-refractivity contribution in [2.24, 2.45) is 21.7 Å². The Labute approximate surface area is 445 Å². The summed E-state index contributed by atoms with van der Waals surface area (Å²) in [6.45, 7) is 38.1. The molecule has 3 fully saturated rings. The summed E-state index contributed by atoms with van der Waals surface area (Å²) in [7, 11) is 0. The normalized spacial score (nSPS) is 24.5. The second kappa shape index (κ2) is 16.6. The summed E-state index contributed by atoms with van der Waals surface area (Å²) < 4.78 is 2.54. The monoisotopic (exact) mass is 982 g/mol. The van der Waals surface area contributed by atoms with Gasteiger partial charge in [0, 0.05) is 66.6 Å². The van der Waals surface area contributed by atoms with Crippen molar-refractivity contribution in [3.8, 4) is 12.3 Å². The molecule has 1 saturated heterocycles. The number of allylic oxidation sites excluding steroid dienone is 12. The van der Waals surface area contributed by atoms with Gasteiger partial charge in [-0.3, -0.25) is 0 Å². The number of fused-ring (bicyclic) bond motifs is 10. The van der Waals surface area contributed by atoms with Gasteiger partial charge >= 0.3 is 0 Å². The number of hydrogen-bond acceptors (Lipinski definition) is 4. The first-order valence-corrected chi connectivity index (χ1v) is 28.5. The van der Waals surface area contributed by atoms with Crippen LogP contribution in [0.2, 0.25) is 0 Å². The first-order chi connectivity index (χ1) is 34.2. The lowest BCUT2D eigenvalue weighted by molar-refractivity contribution is 0.159. The number of benzene rings is 2. The van der Waals surface area contributed by atoms with Crippen LogP contribution in [0.25, 0.3) is 10.1 Å². The van der Waals surface area contributed by atoms with Crippen molar-refractivity contribution in [3.63, 3.8) is 0 Å². The van der Waals surface area contributed by atoms with Crippen LogP contribution in [-0.4, -0.2) is 12.3 Å². The molecule has 3 aromatic carbocycles. The van der Waals surface area contributed by atoms with Gasteiger partial charge in [-0.05, 0) is 156 Å². The Morgan fingerprint density at radius 1 is 0.753 bits per heavy atom. The number of anilines is 5. The fourth-order valence-corrected chi connectivity index (χ4v) is 15.1. The van der Waals surface area contributed by atoms with E-state index >= 15 is 0 Å². The molecule has 2 unspecified atom stereocenters. The maximum absolute atomic E-state index is 6.33. The van der Waals surface area contributed by atoms with Gasteiger partial charge < -0.3 is 14.7 Å². The van der Waals surface area contributed by atoms with Crippen LogP contribution in [-0.2, 0) is 10.8 Å². The number of thiophene rings is 1. The molecule has 376 valence electrons. The molecular weight excluding hydrogens is 902 g/mol. The number of rotatable bonds is 4. The van der Waals surface area contributed by atoms with E-state index in [-0.39, 0.29) is 44.7 Å². The van der Waals surface area contributed by atoms with Crippen LogP contribution in [0.5, 0.6) is 0 Å². The first-order valence-electron chi connectivity index (χ1n) is 27.7. The maximum Gasteiger partial charge on any atom is 0.264 e. The Balaban J connectivity index is 1.31. The minimum atomic E-state index is -0.173. The van der Waals surface area contributed by atoms with E-state index in [1.54, 1.807) is 11.1 Å². The van der Waals surface area contributed by atoms with E-state index in [0.29, 0.717) is 0 Å². The van der Waals surface area contributed by atoms with E-state index < -0.39 is 0 Å². The third-order valence-corrected chi connectivity index (χ3v) is 20.2. The van der Waals surface area contributed by atoms with Gasteiger partial charge in [0.05, 0.1) is 15.9 Å². The molecule has 2 atom stereocenters. The quantitative estimate of drug-likeness (QED) is 0.115. The Hall–Kier alpha value is -5.36. The fourth-order valence-electron chi connectivity index (χ4n) is 13.9. The van der Waals surface area contributed by atoms with Gasteiger partial charge in [-0.1, -0.05) is 169 Å². The number of nitrogens with zero attached hydrogens (tertiary/aromatic N) is 3. The molecule has 3 aliphatic heterocycles. The number of terminal acetylenes is 1. The molecule has 2 bridgehead atoms. The van der Waals surface area contributed by atoms with Crippen LogP contribution >= 0.6 is 11.3 Å². The van der Waals surface area contributed by atoms with Crippen LogP contribution in [0.15, 0.2) is 124 Å². The first kappa shape index (κ1) is 49.8. The standard InChI is InChI=1S/C68H80BN3S/c1-18-44(62(3,4)5)26-25-43(2)70-56-41-50(72-54-24-20-19-23-52(54)67(16)33-21-22-34-68(67,72)17)42-57-59(56)69(61-60(70)51-38-46(64(9,10)11)29-32-58(51)73-61)53-39-47-37-48(66(14,15)36-35-65(47,12)13)40-55(53)71(57)49-30-27-45(28-31-49)63(6,7)8/h1,23-28,30-31,38-42H,19-22,33-37H2,2-17H3/b43-25+,44-26+. The summed E-state index contributed by atoms with van der Waals surface area (Å²) in [4.78, 5) is 8.20. The zero-order valence-corrected chi connectivity index (χ0v) is 48.1. The lowest BCUT2D eigenvalue weighted by Crippen LogP contribution is -2.56. The lowest BCUT2D eigenvalue weighted by atomic mass is 9.35. The third kappa shape index (κ3) is 7.66. The van der Waals surface area contributed by atoms with E-state index in [2.05, 4.69) is 222 Å². The molecule has 73 heavy (non-hydrogen) atoms. The summed E-state index contributed by atoms with van der Waals surface area (Å²) >= 11 is 1.93. The van der Waals surface area contributed by atoms with Crippen LogP contribution < -0.4 is 24.9 Å². The Morgan fingerprint density at radius 3 is 2.07 bits per heavy atom. The van der Waals surface area contributed by atoms with Crippen molar-refractivity contribution in [3.05, 3.63) is 147 Å². The van der Waals surface area contributed by atoms with Crippen molar-refractivity contribution in [1.29, 1.82) is 0 Å². The van der Waals surface area contributed by atoms with Crippen LogP contribution in [0, 0.1) is 46.1 Å². The maximum atomic E-state index is 6.33. The van der Waals surface area contributed by atoms with Gasteiger partial charge in [0.25, 0.3) is 6.71 Å². The molecule has 3 nitrogen and oxygen atoms in total. The molecule has 5 heteroatoms. The highest BCUT2D eigenvalue weighted by Gasteiger charge is 2.60. The zero-order valence-electron chi connectivity index (χ0n) is 47.3. The molecule has 7 aliphatic rings. The molecular formula is C68H80BN3S. The minimum absolute atomic E-state index is 0.0177. The second-order valence-corrected chi connectivity index (χ2v) is 28.8. The zero-order chi connectivity index (χ0) is 52.2. The highest BCUT2D eigenvalue weighted by molar-refractivity contribution is 7.32. The van der Waals surface area contributed by atoms with E-state index in [1.165, 1.54) is 96.9 Å². The lowest BCUT2D eigenvalue weighted by Gasteiger charge is -2.50. The topological polar surface area (TPSA) is 9.72 Å². The third-order valence-electron chi connectivity index (χ3n) is 19.0. The molecule has 4 aromatic rings. The Bertz CT molecular complexity index is 3270. The summed E-state index contributed by atoms with van der Waals surface area (Å²) in [6.07, 6.45) is 31.8. The van der Waals surface area contributed by atoms with Gasteiger partial charge in [0.2, 0.25) is 0 Å². The van der Waals surface area contributed by atoms with E-state index in [9.17, 15) is 0 Å². The Kier molecular flexibility index (Phi) is 11.3. The molecule has 4 heterocycles. The van der Waals surface area contributed by atoms with E-state index in [1.807, 2.05) is 11.3 Å². The predicted molar refractivity (Wildman–Crippen MR) is 317 cm³/mol. The molecule has 1 aromatic heterocycles. The molecule has 0 amide bonds. The summed E-state index contributed by atoms with van der Waals surface area (Å²) in [5, 5.41) is 1.25. The predicted octanol–water partition coefficient (Wildman–Crippen LogP) is 17.5. The smallest absolute Gasteiger partial charge is 0.264 e. The van der Waals surface area contributed by atoms with Crippen molar-refractivity contribution in [2.75, 3.05) is 14.7 Å². The minimum Gasteiger partial charge on any atom is -0.335 e. The SMILES string of the molecule is C#C/C(=C\C=C(/C)N1c2cc(N3C4=CCCC=C4C4(C)CCCCC34C)cc3c2B(C2=C(C=C4CC(=C2)C(C)(C)CCC4(C)C)N3c2ccc(C(C)(C)C)cc2)c2sc3c#cc(C(C)(C)C)cc3c21)C(C)(C)C. The van der Waals surface area contributed by atoms with Gasteiger partial charge in [-0.25, -0.2) is 0 Å². The second-order valence-electron chi connectivity index (χ2n) is 27.8. The van der Waals surface area contributed by atoms with E-state index in [0.717, 1.165) is 54.5 Å². The van der Waals surface area contributed by atoms with Gasteiger partial charge in [-0.15, -0.1) is 17.8 Å². The van der Waals surface area contributed by atoms with Gasteiger partial charge in [0.1, 0.15) is 0 Å². The summed E-state index contributed by atoms with van der Waals surface area (Å²) in [6, 6.07) is 24.8. The van der Waals surface area contributed by atoms with Crippen molar-refractivity contribution in [2.45, 2.75) is 185 Å². The summed E-state index contributed by atoms with van der Waals surface area (Å²) in [5.74, 6) is 3.09. The molecule has 0 radical (unpaired) electrons. The van der Waals surface area contributed by atoms with Crippen LogP contribution in [0.4, 0.5) is 28.4 Å². The van der Waals surface area contributed by atoms with Crippen molar-refractivity contribution >= 4 is 66.8 Å². The van der Waals surface area contributed by atoms with Crippen molar-refractivity contribution < 1.29 is 0 Å². The molecule has 4 aliphatic carbocycles. The highest BCUT2D eigenvalue weighted by atomic mass is 32.1. The average Bonchev–Trinajstić information content (AvgIpc) is 3.65. The van der Waals surface area contributed by atoms with Crippen LogP contribution in [0.3, 0.4) is 0 Å². The van der Waals surface area contributed by atoms with Crippen LogP contribution in [0.1, 0.15) is 180 Å². The molecule has 2 saturated carbocycles. The molecule has 0 spiro atoms. The molecule has 0 N–H and O–H groups in total. The van der Waals surface area contributed by atoms with Crippen molar-refractivity contribution in [1.82, 2.24) is 0 Å². The highest BCUT2D eigenvalue weighted by Crippen LogP contribution is 2.64. The molecule has 11 rings (SSSR count). The largest absolute Gasteiger partial charge is 0.335 e. The van der Waals surface area contributed by atoms with E-state index in [4.69, 9.17) is 6.42 Å². The van der Waals surface area contributed by atoms with Gasteiger partial charge in [0.15, 0.2) is 0 Å². The fraction of sp³-hybridized carbons (Fsp3) is 0.471. The van der Waals surface area contributed by atoms with Gasteiger partial charge in [-0.2, -0.15) is 0 Å². The average molecular weight is 982 g/mol.